The fourth-order valence-corrected chi connectivity index (χ4v) is 4.84. The van der Waals surface area contributed by atoms with Gasteiger partial charge in [0.05, 0.1) is 81.3 Å². The fourth-order valence-electron chi connectivity index (χ4n) is 4.84. The van der Waals surface area contributed by atoms with Crippen molar-refractivity contribution in [2.45, 2.75) is 46.0 Å². The predicted molar refractivity (Wildman–Crippen MR) is 200 cm³/mol. The lowest BCUT2D eigenvalue weighted by atomic mass is 10.1. The van der Waals surface area contributed by atoms with Gasteiger partial charge < -0.3 is 25.0 Å². The number of nitrogen functional groups attached to an aromatic ring is 1. The van der Waals surface area contributed by atoms with Crippen molar-refractivity contribution in [3.8, 4) is 11.4 Å². The van der Waals surface area contributed by atoms with Gasteiger partial charge in [0.1, 0.15) is 11.5 Å². The Bertz CT molecular complexity index is 2470. The zero-order valence-electron chi connectivity index (χ0n) is 30.9. The number of nitrogens with one attached hydrogen (secondary N) is 1. The van der Waals surface area contributed by atoms with Crippen molar-refractivity contribution in [2.24, 2.45) is 0 Å². The number of carboxylic acids is 1. The normalized spacial score (nSPS) is 12.0. The van der Waals surface area contributed by atoms with Gasteiger partial charge in [-0.1, -0.05) is 7.43 Å². The Labute approximate surface area is 342 Å². The van der Waals surface area contributed by atoms with Gasteiger partial charge >= 0.3 is 30.7 Å². The minimum Gasteiger partial charge on any atom is -0.478 e. The molecular formula is C39H32F12N6O5. The third kappa shape index (κ3) is 13.4. The largest absolute Gasteiger partial charge is 0.478 e. The number of furan rings is 2. The van der Waals surface area contributed by atoms with E-state index in [1.807, 2.05) is 0 Å². The molecule has 332 valence electrons. The molecule has 4 aromatic heterocycles. The molecule has 4 N–H and O–H groups in total. The van der Waals surface area contributed by atoms with Crippen molar-refractivity contribution in [2.75, 3.05) is 11.1 Å². The summed E-state index contributed by atoms with van der Waals surface area (Å²) in [6, 6.07) is 9.19. The molecular weight excluding hydrogens is 860 g/mol. The average Bonchev–Trinajstić information content (AvgIpc) is 3.99. The molecule has 4 heterocycles. The maximum atomic E-state index is 13.4. The second kappa shape index (κ2) is 19.5. The van der Waals surface area contributed by atoms with E-state index in [1.165, 1.54) is 38.5 Å². The molecule has 0 aliphatic rings. The number of nitrogens with two attached hydrogens (primary N) is 1. The third-order valence-electron chi connectivity index (χ3n) is 7.72. The number of halogens is 12. The van der Waals surface area contributed by atoms with Gasteiger partial charge in [-0.2, -0.15) is 62.9 Å². The van der Waals surface area contributed by atoms with Crippen LogP contribution in [0.5, 0.6) is 0 Å². The number of amides is 1. The molecule has 6 rings (SSSR count). The molecule has 23 heteroatoms. The highest BCUT2D eigenvalue weighted by molar-refractivity contribution is 6.02. The number of carboxylic acid groups (broad SMARTS) is 1. The lowest BCUT2D eigenvalue weighted by Crippen LogP contribution is -2.14. The van der Waals surface area contributed by atoms with Crippen LogP contribution in [0.1, 0.15) is 52.6 Å². The molecule has 0 unspecified atom stereocenters. The molecule has 0 radical (unpaired) electrons. The summed E-state index contributed by atoms with van der Waals surface area (Å²) < 4.78 is 167. The quantitative estimate of drug-likeness (QED) is 0.106. The molecule has 6 aromatic rings. The van der Waals surface area contributed by atoms with Gasteiger partial charge in [-0.3, -0.25) is 4.79 Å². The molecule has 0 saturated carbocycles. The maximum absolute atomic E-state index is 13.4. The van der Waals surface area contributed by atoms with Crippen LogP contribution in [0.15, 0.2) is 107 Å². The van der Waals surface area contributed by atoms with Crippen molar-refractivity contribution in [3.05, 3.63) is 143 Å². The Kier molecular flexibility index (Phi) is 15.4. The first-order valence-corrected chi connectivity index (χ1v) is 16.7. The van der Waals surface area contributed by atoms with E-state index in [2.05, 4.69) is 15.5 Å². The molecule has 0 spiro atoms. The summed E-state index contributed by atoms with van der Waals surface area (Å²) in [5.41, 5.74) is -0.692. The number of hydrogen-bond donors (Lipinski definition) is 3. The third-order valence-corrected chi connectivity index (χ3v) is 7.72. The van der Waals surface area contributed by atoms with E-state index in [0.29, 0.717) is 29.7 Å². The number of aliphatic carboxylic acids is 1. The number of benzene rings is 2. The van der Waals surface area contributed by atoms with Crippen LogP contribution >= 0.6 is 0 Å². The molecule has 0 atom stereocenters. The van der Waals surface area contributed by atoms with Gasteiger partial charge in [0.25, 0.3) is 0 Å². The summed E-state index contributed by atoms with van der Waals surface area (Å²) in [5.74, 6) is -0.617. The highest BCUT2D eigenvalue weighted by atomic mass is 19.4. The predicted octanol–water partition coefficient (Wildman–Crippen LogP) is 11.3. The first kappa shape index (κ1) is 49.2. The first-order valence-electron chi connectivity index (χ1n) is 16.7. The minimum absolute atomic E-state index is 0. The number of alkyl halides is 12. The summed E-state index contributed by atoms with van der Waals surface area (Å²) >= 11 is 0. The summed E-state index contributed by atoms with van der Waals surface area (Å²) in [6.45, 7) is 2.91. The van der Waals surface area contributed by atoms with Crippen molar-refractivity contribution >= 4 is 35.4 Å². The van der Waals surface area contributed by atoms with Gasteiger partial charge in [-0.05, 0) is 86.7 Å². The number of anilines is 2. The van der Waals surface area contributed by atoms with E-state index in [1.54, 1.807) is 24.3 Å². The van der Waals surface area contributed by atoms with E-state index in [4.69, 9.17) is 19.7 Å². The van der Waals surface area contributed by atoms with Crippen LogP contribution < -0.4 is 11.1 Å². The Hall–Kier alpha value is -7.20. The van der Waals surface area contributed by atoms with Gasteiger partial charge in [0.15, 0.2) is 0 Å². The summed E-state index contributed by atoms with van der Waals surface area (Å²) in [7, 11) is 0. The summed E-state index contributed by atoms with van der Waals surface area (Å²) in [4.78, 5) is 22.0. The number of carbonyl (C=O) groups excluding carboxylic acids is 1. The summed E-state index contributed by atoms with van der Waals surface area (Å²) in [6.07, 6.45) is -9.75. The van der Waals surface area contributed by atoms with E-state index in [-0.39, 0.29) is 42.3 Å². The molecule has 0 aliphatic heterocycles. The topological polar surface area (TPSA) is 154 Å². The zero-order chi connectivity index (χ0) is 45.5. The number of rotatable bonds is 7. The minimum atomic E-state index is -5.05. The van der Waals surface area contributed by atoms with Crippen LogP contribution in [0.25, 0.3) is 23.5 Å². The number of hydrogen-bond acceptors (Lipinski definition) is 7. The lowest BCUT2D eigenvalue weighted by Gasteiger charge is -2.15. The van der Waals surface area contributed by atoms with Crippen LogP contribution in [0.3, 0.4) is 0 Å². The highest BCUT2D eigenvalue weighted by Gasteiger charge is 2.40. The molecule has 0 bridgehead atoms. The molecule has 2 aromatic carbocycles. The monoisotopic (exact) mass is 892 g/mol. The molecule has 62 heavy (non-hydrogen) atoms. The van der Waals surface area contributed by atoms with E-state index in [9.17, 15) is 62.3 Å². The van der Waals surface area contributed by atoms with Crippen LogP contribution in [-0.2, 0) is 34.3 Å². The Morgan fingerprint density at radius 3 is 1.47 bits per heavy atom. The first-order chi connectivity index (χ1) is 28.2. The fraction of sp³-hybridized carbons (Fsp3) is 0.179. The van der Waals surface area contributed by atoms with Gasteiger partial charge in [-0.15, -0.1) is 0 Å². The van der Waals surface area contributed by atoms with Crippen LogP contribution in [0, 0.1) is 13.8 Å². The van der Waals surface area contributed by atoms with Crippen LogP contribution in [0.2, 0.25) is 0 Å². The molecule has 0 saturated heterocycles. The number of nitrogens with zero attached hydrogens (tertiary/aromatic N) is 4. The smallest absolute Gasteiger partial charge is 0.418 e. The molecule has 11 nitrogen and oxygen atoms in total. The van der Waals surface area contributed by atoms with Crippen molar-refractivity contribution in [1.82, 2.24) is 19.6 Å². The van der Waals surface area contributed by atoms with E-state index in [0.717, 1.165) is 40.0 Å². The average molecular weight is 893 g/mol. The lowest BCUT2D eigenvalue weighted by molar-refractivity contribution is -0.144. The van der Waals surface area contributed by atoms with Crippen molar-refractivity contribution in [3.63, 3.8) is 0 Å². The Morgan fingerprint density at radius 2 is 1.10 bits per heavy atom. The van der Waals surface area contributed by atoms with E-state index >= 15 is 0 Å². The van der Waals surface area contributed by atoms with Crippen molar-refractivity contribution < 1.29 is 76.2 Å². The zero-order valence-corrected chi connectivity index (χ0v) is 30.9. The van der Waals surface area contributed by atoms with Gasteiger partial charge in [-0.25, -0.2) is 14.2 Å². The maximum Gasteiger partial charge on any atom is 0.418 e. The Balaban J connectivity index is 0.000000277. The molecule has 0 fully saturated rings. The van der Waals surface area contributed by atoms with Crippen LogP contribution in [0.4, 0.5) is 64.1 Å². The second-order valence-electron chi connectivity index (χ2n) is 12.2. The van der Waals surface area contributed by atoms with Crippen molar-refractivity contribution in [1.29, 1.82) is 0 Å². The standard InChI is InChI=1S/C19H13F6N3O2.C12H9F6N3.C7H6O3.CH4/c1-11-15(26-17(29)7-5-13-3-2-8-30-13)10-28(27-11)16-6-4-12(18(20,21)22)9-14(16)19(23,24)25;1-6-9(19)5-21(20-6)10-3-2-7(11(13,14)15)4-8(10)12(16,17)18;8-7(9)4-3-6-2-1-5-10-6;/h2-10H,1H3,(H,26,29);2-5H,19H2,1H3;1-5H,(H,8,9);1H4/b7-5+;;4-3+;. The number of aromatic nitrogens is 4. The summed E-state index contributed by atoms with van der Waals surface area (Å²) in [5, 5.41) is 18.3. The molecule has 0 aliphatic carbocycles. The number of aryl methyl sites for hydroxylation is 2. The SMILES string of the molecule is C.Cc1nn(-c2ccc(C(F)(F)F)cc2C(F)(F)F)cc1N.Cc1nn(-c2ccc(C(F)(F)F)cc2C(F)(F)F)cc1NC(=O)/C=C/c1ccco1.O=C(O)/C=C/c1ccco1. The molecule has 1 amide bonds. The second-order valence-corrected chi connectivity index (χ2v) is 12.2. The van der Waals surface area contributed by atoms with E-state index < -0.39 is 70.2 Å². The number of carbonyl (C=O) groups is 2. The highest BCUT2D eigenvalue weighted by Crippen LogP contribution is 2.40. The van der Waals surface area contributed by atoms with Crippen LogP contribution in [-0.4, -0.2) is 36.5 Å². The Morgan fingerprint density at radius 1 is 0.661 bits per heavy atom. The van der Waals surface area contributed by atoms with Gasteiger partial charge in [0.2, 0.25) is 5.91 Å². The van der Waals surface area contributed by atoms with Gasteiger partial charge in [0, 0.05) is 12.2 Å².